The number of alkyl carbamates (subject to hydrolysis) is 1. The molecule has 2 aromatic carbocycles. The minimum absolute atomic E-state index is 0.178. The van der Waals surface area contributed by atoms with E-state index >= 15 is 0 Å². The third kappa shape index (κ3) is 5.10. The first kappa shape index (κ1) is 17.5. The van der Waals surface area contributed by atoms with Crippen molar-refractivity contribution in [2.24, 2.45) is 0 Å². The molecule has 24 heavy (non-hydrogen) atoms. The highest BCUT2D eigenvalue weighted by molar-refractivity contribution is 5.67. The molecule has 0 fully saturated rings. The van der Waals surface area contributed by atoms with Crippen molar-refractivity contribution in [2.45, 2.75) is 20.0 Å². The van der Waals surface area contributed by atoms with Crippen molar-refractivity contribution in [3.05, 3.63) is 70.8 Å². The number of carbonyl (C=O) groups excluding carboxylic acids is 1. The smallest absolute Gasteiger partial charge is 0.407 e. The Balaban J connectivity index is 1.73. The van der Waals surface area contributed by atoms with Gasteiger partial charge in [-0.2, -0.15) is 0 Å². The summed E-state index contributed by atoms with van der Waals surface area (Å²) in [6, 6.07) is 11.8. The molecule has 0 bridgehead atoms. The van der Waals surface area contributed by atoms with Gasteiger partial charge in [-0.05, 0) is 24.6 Å². The summed E-state index contributed by atoms with van der Waals surface area (Å²) < 4.78 is 31.4. The molecule has 0 unspecified atom stereocenters. The summed E-state index contributed by atoms with van der Waals surface area (Å²) >= 11 is 0. The van der Waals surface area contributed by atoms with E-state index in [-0.39, 0.29) is 12.2 Å². The van der Waals surface area contributed by atoms with Crippen molar-refractivity contribution in [3.8, 4) is 11.8 Å². The van der Waals surface area contributed by atoms with Crippen LogP contribution in [0.5, 0.6) is 0 Å². The Bertz CT molecular complexity index is 764. The lowest BCUT2D eigenvalue weighted by Gasteiger charge is -2.05. The van der Waals surface area contributed by atoms with Crippen molar-refractivity contribution >= 4 is 6.09 Å². The van der Waals surface area contributed by atoms with E-state index in [4.69, 9.17) is 4.74 Å². The summed E-state index contributed by atoms with van der Waals surface area (Å²) in [7, 11) is 0. The van der Waals surface area contributed by atoms with Crippen LogP contribution in [0.1, 0.15) is 23.1 Å². The van der Waals surface area contributed by atoms with Crippen LogP contribution in [0.3, 0.4) is 0 Å². The second-order valence-electron chi connectivity index (χ2n) is 5.07. The van der Waals surface area contributed by atoms with E-state index < -0.39 is 17.7 Å². The zero-order chi connectivity index (χ0) is 17.4. The lowest BCUT2D eigenvalue weighted by Crippen LogP contribution is -2.24. The first-order chi connectivity index (χ1) is 11.6. The van der Waals surface area contributed by atoms with E-state index in [9.17, 15) is 13.6 Å². The standard InChI is InChI=1S/C19H17F2NO2/c1-14-16(10-11-17(20)18(14)21)9-5-6-12-22-19(23)24-13-15-7-3-2-4-8-15/h2-4,7-8,10-11H,6,12-13H2,1H3,(H,22,23). The van der Waals surface area contributed by atoms with Gasteiger partial charge < -0.3 is 10.1 Å². The van der Waals surface area contributed by atoms with Crippen molar-refractivity contribution < 1.29 is 18.3 Å². The van der Waals surface area contributed by atoms with Crippen LogP contribution in [0.25, 0.3) is 0 Å². The number of benzene rings is 2. The van der Waals surface area contributed by atoms with Gasteiger partial charge in [0.15, 0.2) is 11.6 Å². The van der Waals surface area contributed by atoms with E-state index in [0.29, 0.717) is 18.5 Å². The molecular weight excluding hydrogens is 312 g/mol. The zero-order valence-corrected chi connectivity index (χ0v) is 13.2. The predicted octanol–water partition coefficient (Wildman–Crippen LogP) is 3.94. The van der Waals surface area contributed by atoms with Gasteiger partial charge >= 0.3 is 6.09 Å². The van der Waals surface area contributed by atoms with Gasteiger partial charge in [-0.1, -0.05) is 42.2 Å². The molecule has 3 nitrogen and oxygen atoms in total. The molecule has 124 valence electrons. The molecule has 0 aliphatic rings. The lowest BCUT2D eigenvalue weighted by atomic mass is 10.1. The Morgan fingerprint density at radius 3 is 2.67 bits per heavy atom. The molecule has 1 amide bonds. The highest BCUT2D eigenvalue weighted by Gasteiger charge is 2.07. The van der Waals surface area contributed by atoms with Crippen LogP contribution < -0.4 is 5.32 Å². The normalized spacial score (nSPS) is 9.79. The molecule has 0 aromatic heterocycles. The van der Waals surface area contributed by atoms with Crippen molar-refractivity contribution in [2.75, 3.05) is 6.54 Å². The van der Waals surface area contributed by atoms with Crippen LogP contribution in [0.4, 0.5) is 13.6 Å². The van der Waals surface area contributed by atoms with Gasteiger partial charge in [0.05, 0.1) is 0 Å². The number of hydrogen-bond acceptors (Lipinski definition) is 2. The highest BCUT2D eigenvalue weighted by Crippen LogP contribution is 2.14. The fourth-order valence-electron chi connectivity index (χ4n) is 1.95. The summed E-state index contributed by atoms with van der Waals surface area (Å²) in [4.78, 5) is 11.5. The van der Waals surface area contributed by atoms with E-state index in [1.165, 1.54) is 13.0 Å². The number of nitrogens with one attached hydrogen (secondary N) is 1. The van der Waals surface area contributed by atoms with Crippen molar-refractivity contribution in [1.29, 1.82) is 0 Å². The Morgan fingerprint density at radius 1 is 1.17 bits per heavy atom. The lowest BCUT2D eigenvalue weighted by molar-refractivity contribution is 0.140. The van der Waals surface area contributed by atoms with E-state index in [1.807, 2.05) is 30.3 Å². The Labute approximate surface area is 139 Å². The number of carbonyl (C=O) groups is 1. The quantitative estimate of drug-likeness (QED) is 0.681. The fraction of sp³-hybridized carbons (Fsp3) is 0.211. The monoisotopic (exact) mass is 329 g/mol. The minimum Gasteiger partial charge on any atom is -0.445 e. The summed E-state index contributed by atoms with van der Waals surface area (Å²) in [6.45, 7) is 1.98. The largest absolute Gasteiger partial charge is 0.445 e. The van der Waals surface area contributed by atoms with Crippen molar-refractivity contribution in [1.82, 2.24) is 5.32 Å². The first-order valence-corrected chi connectivity index (χ1v) is 7.46. The maximum Gasteiger partial charge on any atom is 0.407 e. The molecular formula is C19H17F2NO2. The number of halogens is 2. The molecule has 5 heteroatoms. The van der Waals surface area contributed by atoms with E-state index in [2.05, 4.69) is 17.2 Å². The molecule has 2 aromatic rings. The first-order valence-electron chi connectivity index (χ1n) is 7.46. The molecule has 0 spiro atoms. The second-order valence-corrected chi connectivity index (χ2v) is 5.07. The van der Waals surface area contributed by atoms with E-state index in [0.717, 1.165) is 11.6 Å². The Hall–Kier alpha value is -2.87. The van der Waals surface area contributed by atoms with Crippen LogP contribution in [-0.2, 0) is 11.3 Å². The van der Waals surface area contributed by atoms with Gasteiger partial charge in [-0.25, -0.2) is 13.6 Å². The van der Waals surface area contributed by atoms with Gasteiger partial charge in [-0.15, -0.1) is 0 Å². The maximum absolute atomic E-state index is 13.4. The molecule has 0 aliphatic heterocycles. The molecule has 0 heterocycles. The molecule has 0 saturated carbocycles. The topological polar surface area (TPSA) is 38.3 Å². The third-order valence-corrected chi connectivity index (χ3v) is 3.29. The SMILES string of the molecule is Cc1c(C#CCCNC(=O)OCc2ccccc2)ccc(F)c1F. The Kier molecular flexibility index (Phi) is 6.32. The molecule has 0 aliphatic carbocycles. The summed E-state index contributed by atoms with van der Waals surface area (Å²) in [6.07, 6.45) is -0.150. The van der Waals surface area contributed by atoms with Gasteiger partial charge in [0.2, 0.25) is 0 Å². The minimum atomic E-state index is -0.888. The molecule has 2 rings (SSSR count). The van der Waals surface area contributed by atoms with Gasteiger partial charge in [0.25, 0.3) is 0 Å². The molecule has 0 atom stereocenters. The number of amides is 1. The number of rotatable bonds is 4. The molecule has 1 N–H and O–H groups in total. The van der Waals surface area contributed by atoms with Gasteiger partial charge in [0.1, 0.15) is 6.61 Å². The van der Waals surface area contributed by atoms with E-state index in [1.54, 1.807) is 0 Å². The van der Waals surface area contributed by atoms with Crippen LogP contribution in [-0.4, -0.2) is 12.6 Å². The van der Waals surface area contributed by atoms with Crippen LogP contribution in [0, 0.1) is 30.4 Å². The third-order valence-electron chi connectivity index (χ3n) is 3.29. The van der Waals surface area contributed by atoms with Crippen LogP contribution in [0.15, 0.2) is 42.5 Å². The van der Waals surface area contributed by atoms with Gasteiger partial charge in [0, 0.05) is 24.1 Å². The average Bonchev–Trinajstić information content (AvgIpc) is 2.60. The maximum atomic E-state index is 13.4. The van der Waals surface area contributed by atoms with Crippen molar-refractivity contribution in [3.63, 3.8) is 0 Å². The average molecular weight is 329 g/mol. The predicted molar refractivity (Wildman–Crippen MR) is 87.2 cm³/mol. The fourth-order valence-corrected chi connectivity index (χ4v) is 1.95. The van der Waals surface area contributed by atoms with Crippen LogP contribution >= 0.6 is 0 Å². The highest BCUT2D eigenvalue weighted by atomic mass is 19.2. The Morgan fingerprint density at radius 2 is 1.92 bits per heavy atom. The summed E-state index contributed by atoms with van der Waals surface area (Å²) in [5, 5.41) is 2.58. The molecule has 0 saturated heterocycles. The second kappa shape index (κ2) is 8.68. The molecule has 0 radical (unpaired) electrons. The number of hydrogen-bond donors (Lipinski definition) is 1. The van der Waals surface area contributed by atoms with Crippen LogP contribution in [0.2, 0.25) is 0 Å². The summed E-state index contributed by atoms with van der Waals surface area (Å²) in [5.74, 6) is 3.80. The van der Waals surface area contributed by atoms with Gasteiger partial charge in [-0.3, -0.25) is 0 Å². The zero-order valence-electron chi connectivity index (χ0n) is 13.2. The number of ether oxygens (including phenoxy) is 1. The summed E-state index contributed by atoms with van der Waals surface area (Å²) in [5.41, 5.74) is 1.51.